The van der Waals surface area contributed by atoms with Gasteiger partial charge in [0.2, 0.25) is 0 Å². The van der Waals surface area contributed by atoms with Gasteiger partial charge in [-0.15, -0.1) is 0 Å². The molecule has 0 aliphatic carbocycles. The van der Waals surface area contributed by atoms with E-state index in [0.29, 0.717) is 13.2 Å². The van der Waals surface area contributed by atoms with E-state index < -0.39 is 0 Å². The predicted molar refractivity (Wildman–Crippen MR) is 76.1 cm³/mol. The first-order chi connectivity index (χ1) is 9.78. The number of hydrogen-bond donors (Lipinski definition) is 1. The van der Waals surface area contributed by atoms with Crippen LogP contribution >= 0.6 is 0 Å². The van der Waals surface area contributed by atoms with Gasteiger partial charge in [-0.1, -0.05) is 18.2 Å². The van der Waals surface area contributed by atoms with Crippen LogP contribution in [-0.4, -0.2) is 20.3 Å². The van der Waals surface area contributed by atoms with Crippen LogP contribution in [0.1, 0.15) is 11.5 Å². The molecule has 0 saturated heterocycles. The topological polar surface area (TPSA) is 30.5 Å². The quantitative estimate of drug-likeness (QED) is 0.926. The third kappa shape index (κ3) is 2.41. The van der Waals surface area contributed by atoms with Crippen LogP contribution in [-0.2, 0) is 0 Å². The van der Waals surface area contributed by atoms with Gasteiger partial charge in [0, 0.05) is 29.8 Å². The summed E-state index contributed by atoms with van der Waals surface area (Å²) in [5.74, 6) is 1.13. The van der Waals surface area contributed by atoms with Gasteiger partial charge in [0.25, 0.3) is 0 Å². The summed E-state index contributed by atoms with van der Waals surface area (Å²) < 4.78 is 24.1. The number of rotatable bonds is 4. The Labute approximate surface area is 117 Å². The molecular weight excluding hydrogens is 257 g/mol. The molecule has 1 N–H and O–H groups in total. The monoisotopic (exact) mass is 273 g/mol. The van der Waals surface area contributed by atoms with E-state index in [1.807, 2.05) is 24.3 Å². The maximum atomic E-state index is 13.6. The minimum atomic E-state index is -0.361. The minimum absolute atomic E-state index is 0.255. The Morgan fingerprint density at radius 3 is 2.95 bits per heavy atom. The maximum Gasteiger partial charge on any atom is 0.167 e. The van der Waals surface area contributed by atoms with Gasteiger partial charge in [-0.2, -0.15) is 0 Å². The summed E-state index contributed by atoms with van der Waals surface area (Å²) in [6.45, 7) is 1.37. The fourth-order valence-electron chi connectivity index (χ4n) is 2.42. The highest BCUT2D eigenvalue weighted by Crippen LogP contribution is 2.33. The van der Waals surface area contributed by atoms with Crippen molar-refractivity contribution in [3.05, 3.63) is 53.8 Å². The van der Waals surface area contributed by atoms with Crippen LogP contribution in [0.4, 0.5) is 10.1 Å². The van der Waals surface area contributed by atoms with Gasteiger partial charge in [-0.05, 0) is 18.2 Å². The molecule has 2 aromatic rings. The van der Waals surface area contributed by atoms with E-state index in [-0.39, 0.29) is 17.5 Å². The molecule has 1 heterocycles. The summed E-state index contributed by atoms with van der Waals surface area (Å²) >= 11 is 0. The van der Waals surface area contributed by atoms with Crippen LogP contribution in [0, 0.1) is 5.82 Å². The van der Waals surface area contributed by atoms with Gasteiger partial charge in [0.15, 0.2) is 11.6 Å². The molecular formula is C16H16FNO2. The molecule has 1 unspecified atom stereocenters. The number of halogens is 1. The zero-order chi connectivity index (χ0) is 13.9. The van der Waals surface area contributed by atoms with Crippen molar-refractivity contribution in [3.8, 4) is 11.5 Å². The van der Waals surface area contributed by atoms with Crippen molar-refractivity contribution in [2.24, 2.45) is 0 Å². The molecule has 0 amide bonds. The number of anilines is 1. The van der Waals surface area contributed by atoms with E-state index in [0.717, 1.165) is 11.4 Å². The van der Waals surface area contributed by atoms with E-state index in [2.05, 4.69) is 11.4 Å². The molecule has 1 aliphatic rings. The third-order valence-electron chi connectivity index (χ3n) is 3.50. The van der Waals surface area contributed by atoms with Crippen LogP contribution in [0.3, 0.4) is 0 Å². The second kappa shape index (κ2) is 5.41. The lowest BCUT2D eigenvalue weighted by Crippen LogP contribution is -2.14. The molecule has 2 aromatic carbocycles. The molecule has 0 aromatic heterocycles. The van der Waals surface area contributed by atoms with Crippen molar-refractivity contribution in [3.63, 3.8) is 0 Å². The van der Waals surface area contributed by atoms with Crippen LogP contribution in [0.15, 0.2) is 42.5 Å². The number of fused-ring (bicyclic) bond motifs is 1. The smallest absolute Gasteiger partial charge is 0.167 e. The van der Waals surface area contributed by atoms with Crippen molar-refractivity contribution < 1.29 is 13.9 Å². The lowest BCUT2D eigenvalue weighted by Gasteiger charge is -2.12. The summed E-state index contributed by atoms with van der Waals surface area (Å²) in [4.78, 5) is 0. The summed E-state index contributed by atoms with van der Waals surface area (Å²) in [7, 11) is 1.46. The molecule has 1 atom stereocenters. The molecule has 3 nitrogen and oxygen atoms in total. The normalized spacial score (nSPS) is 16.4. The van der Waals surface area contributed by atoms with E-state index in [1.54, 1.807) is 6.07 Å². The van der Waals surface area contributed by atoms with Gasteiger partial charge < -0.3 is 14.8 Å². The number of hydrogen-bond acceptors (Lipinski definition) is 3. The van der Waals surface area contributed by atoms with Crippen LogP contribution < -0.4 is 14.8 Å². The first kappa shape index (κ1) is 12.8. The Bertz CT molecular complexity index is 615. The Hall–Kier alpha value is -2.23. The van der Waals surface area contributed by atoms with Gasteiger partial charge in [0.1, 0.15) is 5.75 Å². The van der Waals surface area contributed by atoms with Crippen molar-refractivity contribution in [2.45, 2.75) is 5.92 Å². The summed E-state index contributed by atoms with van der Waals surface area (Å²) in [6, 6.07) is 12.9. The highest BCUT2D eigenvalue weighted by atomic mass is 19.1. The Balaban J connectivity index is 1.67. The Kier molecular flexibility index (Phi) is 3.46. The van der Waals surface area contributed by atoms with Crippen LogP contribution in [0.2, 0.25) is 0 Å². The van der Waals surface area contributed by atoms with Gasteiger partial charge in [-0.3, -0.25) is 0 Å². The van der Waals surface area contributed by atoms with Crippen LogP contribution in [0.25, 0.3) is 0 Å². The number of benzene rings is 2. The number of ether oxygens (including phenoxy) is 2. The molecule has 20 heavy (non-hydrogen) atoms. The summed E-state index contributed by atoms with van der Waals surface area (Å²) in [6.07, 6.45) is 0. The zero-order valence-electron chi connectivity index (χ0n) is 11.2. The van der Waals surface area contributed by atoms with Crippen molar-refractivity contribution in [1.29, 1.82) is 0 Å². The minimum Gasteiger partial charge on any atom is -0.494 e. The lowest BCUT2D eigenvalue weighted by atomic mass is 10.0. The third-order valence-corrected chi connectivity index (χ3v) is 3.50. The SMILES string of the molecule is COc1ccc(NCC2COc3ccccc32)cc1F. The average molecular weight is 273 g/mol. The fourth-order valence-corrected chi connectivity index (χ4v) is 2.42. The molecule has 4 heteroatoms. The van der Waals surface area contributed by atoms with Gasteiger partial charge >= 0.3 is 0 Å². The Morgan fingerprint density at radius 2 is 2.15 bits per heavy atom. The van der Waals surface area contributed by atoms with E-state index in [1.165, 1.54) is 18.7 Å². The molecule has 0 saturated carbocycles. The van der Waals surface area contributed by atoms with Crippen molar-refractivity contribution in [2.75, 3.05) is 25.6 Å². The van der Waals surface area contributed by atoms with E-state index >= 15 is 0 Å². The molecule has 0 fully saturated rings. The number of para-hydroxylation sites is 1. The van der Waals surface area contributed by atoms with Crippen LogP contribution in [0.5, 0.6) is 11.5 Å². The average Bonchev–Trinajstić information content (AvgIpc) is 2.88. The fraction of sp³-hybridized carbons (Fsp3) is 0.250. The van der Waals surface area contributed by atoms with E-state index in [9.17, 15) is 4.39 Å². The predicted octanol–water partition coefficient (Wildman–Crippen LogP) is 3.42. The van der Waals surface area contributed by atoms with Gasteiger partial charge in [-0.25, -0.2) is 4.39 Å². The second-order valence-electron chi connectivity index (χ2n) is 4.78. The molecule has 0 radical (unpaired) electrons. The van der Waals surface area contributed by atoms with Crippen molar-refractivity contribution in [1.82, 2.24) is 0 Å². The highest BCUT2D eigenvalue weighted by molar-refractivity contribution is 5.48. The van der Waals surface area contributed by atoms with Gasteiger partial charge in [0.05, 0.1) is 13.7 Å². The standard InChI is InChI=1S/C16H16FNO2/c1-19-16-7-6-12(8-14(16)17)18-9-11-10-20-15-5-3-2-4-13(11)15/h2-8,11,18H,9-10H2,1H3. The van der Waals surface area contributed by atoms with Crippen molar-refractivity contribution >= 4 is 5.69 Å². The molecule has 3 rings (SSSR count). The zero-order valence-corrected chi connectivity index (χ0v) is 11.2. The molecule has 0 spiro atoms. The molecule has 104 valence electrons. The van der Waals surface area contributed by atoms with E-state index in [4.69, 9.17) is 9.47 Å². The second-order valence-corrected chi connectivity index (χ2v) is 4.78. The maximum absolute atomic E-state index is 13.6. The first-order valence-corrected chi connectivity index (χ1v) is 6.57. The number of methoxy groups -OCH3 is 1. The first-order valence-electron chi connectivity index (χ1n) is 6.57. The highest BCUT2D eigenvalue weighted by Gasteiger charge is 2.23. The number of nitrogens with one attached hydrogen (secondary N) is 1. The lowest BCUT2D eigenvalue weighted by molar-refractivity contribution is 0.334. The summed E-state index contributed by atoms with van der Waals surface area (Å²) in [5.41, 5.74) is 1.95. The molecule has 1 aliphatic heterocycles. The summed E-state index contributed by atoms with van der Waals surface area (Å²) in [5, 5.41) is 3.24. The largest absolute Gasteiger partial charge is 0.494 e. The Morgan fingerprint density at radius 1 is 1.30 bits per heavy atom. The molecule has 0 bridgehead atoms.